The van der Waals surface area contributed by atoms with Crippen LogP contribution in [0.25, 0.3) is 5.65 Å². The van der Waals surface area contributed by atoms with E-state index in [-0.39, 0.29) is 0 Å². The monoisotopic (exact) mass is 405 g/mol. The molecule has 4 N–H and O–H groups in total. The number of nitrogens with zero attached hydrogens (tertiary/aromatic N) is 5. The molecule has 0 bridgehead atoms. The number of halogens is 1. The van der Waals surface area contributed by atoms with Gasteiger partial charge in [-0.15, -0.1) is 0 Å². The van der Waals surface area contributed by atoms with Crippen molar-refractivity contribution >= 4 is 35.1 Å². The molecule has 0 spiro atoms. The van der Waals surface area contributed by atoms with E-state index in [1.165, 1.54) is 17.1 Å². The highest BCUT2D eigenvalue weighted by Crippen LogP contribution is 2.44. The van der Waals surface area contributed by atoms with E-state index in [0.29, 0.717) is 34.0 Å². The Bertz CT molecular complexity index is 1250. The van der Waals surface area contributed by atoms with Crippen molar-refractivity contribution in [3.63, 3.8) is 0 Å². The van der Waals surface area contributed by atoms with Crippen molar-refractivity contribution in [1.29, 1.82) is 0 Å². The zero-order chi connectivity index (χ0) is 20.0. The number of fused-ring (bicyclic) bond motifs is 2. The second-order valence-corrected chi connectivity index (χ2v) is 6.99. The van der Waals surface area contributed by atoms with Crippen LogP contribution in [-0.2, 0) is 5.66 Å². The normalized spacial score (nSPS) is 18.1. The van der Waals surface area contributed by atoms with E-state index in [1.54, 1.807) is 22.8 Å². The summed E-state index contributed by atoms with van der Waals surface area (Å²) in [6, 6.07) is 16.4. The molecule has 5 rings (SSSR count). The van der Waals surface area contributed by atoms with Gasteiger partial charge in [-0.25, -0.2) is 18.9 Å². The number of hydrogen-bond acceptors (Lipinski definition) is 7. The van der Waals surface area contributed by atoms with Crippen LogP contribution in [0.15, 0.2) is 72.1 Å². The third kappa shape index (κ3) is 2.77. The molecule has 29 heavy (non-hydrogen) atoms. The quantitative estimate of drug-likeness (QED) is 0.399. The Morgan fingerprint density at radius 2 is 1.90 bits per heavy atom. The zero-order valence-corrected chi connectivity index (χ0v) is 15.9. The number of nitrogens with two attached hydrogens (primary N) is 2. The Balaban J connectivity index is 1.63. The Morgan fingerprint density at radius 1 is 1.03 bits per heavy atom. The average molecular weight is 406 g/mol. The Kier molecular flexibility index (Phi) is 3.90. The van der Waals surface area contributed by atoms with Gasteiger partial charge in [-0.05, 0) is 36.4 Å². The second kappa shape index (κ2) is 6.47. The van der Waals surface area contributed by atoms with Gasteiger partial charge in [-0.1, -0.05) is 18.2 Å². The van der Waals surface area contributed by atoms with E-state index >= 15 is 0 Å². The summed E-state index contributed by atoms with van der Waals surface area (Å²) in [4.78, 5) is 8.49. The van der Waals surface area contributed by atoms with Gasteiger partial charge >= 0.3 is 0 Å². The fraction of sp³-hybridized carbons (Fsp3) is 0.0500. The number of rotatable bonds is 3. The molecule has 9 heteroatoms. The predicted octanol–water partition coefficient (Wildman–Crippen LogP) is 3.39. The number of benzene rings is 2. The van der Waals surface area contributed by atoms with Gasteiger partial charge in [0.15, 0.2) is 11.3 Å². The number of ether oxygens (including phenoxy) is 1. The summed E-state index contributed by atoms with van der Waals surface area (Å²) >= 11 is 6.52. The molecule has 0 saturated carbocycles. The van der Waals surface area contributed by atoms with E-state index in [2.05, 4.69) is 15.1 Å². The van der Waals surface area contributed by atoms with Crippen LogP contribution in [0.5, 0.6) is 11.5 Å². The molecule has 2 aromatic heterocycles. The largest absolute Gasteiger partial charge is 0.455 e. The molecular weight excluding hydrogens is 390 g/mol. The second-order valence-electron chi connectivity index (χ2n) is 6.62. The van der Waals surface area contributed by atoms with Gasteiger partial charge in [0, 0.05) is 28.6 Å². The fourth-order valence-electron chi connectivity index (χ4n) is 3.41. The summed E-state index contributed by atoms with van der Waals surface area (Å²) in [6.45, 7) is 0. The molecule has 4 aromatic rings. The van der Waals surface area contributed by atoms with Crippen LogP contribution in [0.1, 0.15) is 11.1 Å². The van der Waals surface area contributed by atoms with E-state index in [4.69, 9.17) is 28.0 Å². The number of hydrogen-bond donors (Lipinski definition) is 2. The van der Waals surface area contributed by atoms with Crippen LogP contribution in [0, 0.1) is 0 Å². The minimum absolute atomic E-state index is 0.545. The van der Waals surface area contributed by atoms with Gasteiger partial charge in [0.2, 0.25) is 0 Å². The summed E-state index contributed by atoms with van der Waals surface area (Å²) in [5, 5.41) is 4.14. The van der Waals surface area contributed by atoms with Crippen molar-refractivity contribution in [1.82, 2.24) is 19.0 Å². The first-order chi connectivity index (χ1) is 14.1. The topological polar surface area (TPSA) is 107 Å². The minimum Gasteiger partial charge on any atom is -0.455 e. The van der Waals surface area contributed by atoms with Crippen molar-refractivity contribution in [3.8, 4) is 11.5 Å². The van der Waals surface area contributed by atoms with Crippen LogP contribution in [-0.4, -0.2) is 25.4 Å². The third-order valence-corrected chi connectivity index (χ3v) is 5.19. The van der Waals surface area contributed by atoms with Crippen LogP contribution in [0.3, 0.4) is 0 Å². The zero-order valence-electron chi connectivity index (χ0n) is 15.1. The molecule has 1 unspecified atom stereocenters. The van der Waals surface area contributed by atoms with E-state index < -0.39 is 5.66 Å². The lowest BCUT2D eigenvalue weighted by atomic mass is 9.89. The predicted molar refractivity (Wildman–Crippen MR) is 111 cm³/mol. The third-order valence-electron chi connectivity index (χ3n) is 4.84. The molecule has 0 radical (unpaired) electrons. The molecule has 1 atom stereocenters. The lowest BCUT2D eigenvalue weighted by Crippen LogP contribution is -2.50. The van der Waals surface area contributed by atoms with Crippen LogP contribution in [0.2, 0.25) is 0 Å². The van der Waals surface area contributed by atoms with Crippen molar-refractivity contribution in [2.45, 2.75) is 5.66 Å². The van der Waals surface area contributed by atoms with Gasteiger partial charge in [0.25, 0.3) is 0 Å². The standard InChI is InChI=1S/C20H16ClN7O/c21-28-12-25-17-7-5-13(22)9-16(17)20(28,23)15-3-1-2-4-18(15)29-14-6-8-19-24-11-26-27(19)10-14/h1-12H,22-23H2. The smallest absolute Gasteiger partial charge is 0.163 e. The number of pyridine rings is 1. The first-order valence-corrected chi connectivity index (χ1v) is 9.14. The number of aliphatic imine (C=N–C) groups is 1. The summed E-state index contributed by atoms with van der Waals surface area (Å²) in [5.41, 5.74) is 15.0. The van der Waals surface area contributed by atoms with E-state index in [1.807, 2.05) is 42.5 Å². The maximum atomic E-state index is 6.87. The van der Waals surface area contributed by atoms with Gasteiger partial charge < -0.3 is 10.5 Å². The molecule has 0 fully saturated rings. The Labute approximate surface area is 171 Å². The lowest BCUT2D eigenvalue weighted by molar-refractivity contribution is 0.341. The first-order valence-electron chi connectivity index (χ1n) is 8.80. The van der Waals surface area contributed by atoms with Gasteiger partial charge in [-0.2, -0.15) is 5.10 Å². The SMILES string of the molecule is Nc1ccc2c(c1)C(N)(c1ccccc1Oc1ccc3ncnn3c1)N(Cl)C=N2. The molecule has 1 aliphatic rings. The molecule has 0 aliphatic carbocycles. The number of aromatic nitrogens is 3. The van der Waals surface area contributed by atoms with Crippen molar-refractivity contribution in [3.05, 3.63) is 78.2 Å². The molecular formula is C20H16ClN7O. The molecule has 0 amide bonds. The van der Waals surface area contributed by atoms with Crippen molar-refractivity contribution in [2.24, 2.45) is 10.7 Å². The van der Waals surface area contributed by atoms with E-state index in [9.17, 15) is 0 Å². The molecule has 144 valence electrons. The molecule has 1 aliphatic heterocycles. The summed E-state index contributed by atoms with van der Waals surface area (Å²) in [6.07, 6.45) is 4.71. The molecule has 8 nitrogen and oxygen atoms in total. The summed E-state index contributed by atoms with van der Waals surface area (Å²) < 4.78 is 9.13. The van der Waals surface area contributed by atoms with Gasteiger partial charge in [0.1, 0.15) is 24.2 Å². The molecule has 0 saturated heterocycles. The number of anilines is 1. The van der Waals surface area contributed by atoms with Crippen LogP contribution in [0.4, 0.5) is 11.4 Å². The first kappa shape index (κ1) is 17.5. The van der Waals surface area contributed by atoms with Crippen LogP contribution >= 0.6 is 11.8 Å². The Morgan fingerprint density at radius 3 is 2.79 bits per heavy atom. The molecule has 2 aromatic carbocycles. The average Bonchev–Trinajstić information content (AvgIpc) is 3.19. The highest BCUT2D eigenvalue weighted by atomic mass is 35.5. The van der Waals surface area contributed by atoms with Gasteiger partial charge in [-0.3, -0.25) is 5.73 Å². The highest BCUT2D eigenvalue weighted by Gasteiger charge is 2.41. The highest BCUT2D eigenvalue weighted by molar-refractivity contribution is 6.20. The summed E-state index contributed by atoms with van der Waals surface area (Å²) in [5.74, 6) is 1.13. The fourth-order valence-corrected chi connectivity index (χ4v) is 3.63. The Hall–Kier alpha value is -3.62. The summed E-state index contributed by atoms with van der Waals surface area (Å²) in [7, 11) is 0. The van der Waals surface area contributed by atoms with Gasteiger partial charge in [0.05, 0.1) is 11.9 Å². The number of nitrogen functional groups attached to an aromatic ring is 1. The maximum absolute atomic E-state index is 6.87. The van der Waals surface area contributed by atoms with Crippen LogP contribution < -0.4 is 16.2 Å². The molecule has 3 heterocycles. The maximum Gasteiger partial charge on any atom is 0.163 e. The van der Waals surface area contributed by atoms with Crippen molar-refractivity contribution < 1.29 is 4.74 Å². The lowest BCUT2D eigenvalue weighted by Gasteiger charge is -2.39. The minimum atomic E-state index is -1.23. The number of para-hydroxylation sites is 1. The van der Waals surface area contributed by atoms with Crippen molar-refractivity contribution in [2.75, 3.05) is 5.73 Å². The van der Waals surface area contributed by atoms with E-state index in [0.717, 1.165) is 5.65 Å².